The van der Waals surface area contributed by atoms with E-state index in [1.54, 1.807) is 0 Å². The molecule has 1 aromatic rings. The average molecular weight is 254 g/mol. The van der Waals surface area contributed by atoms with Crippen LogP contribution in [-0.2, 0) is 11.3 Å². The Morgan fingerprint density at radius 3 is 2.64 bits per heavy atom. The van der Waals surface area contributed by atoms with Gasteiger partial charge >= 0.3 is 0 Å². The van der Waals surface area contributed by atoms with Crippen LogP contribution in [0.1, 0.15) is 12.0 Å². The molecule has 2 nitrogen and oxygen atoms in total. The quantitative estimate of drug-likeness (QED) is 0.741. The SMILES string of the molecule is O=C1CC(Br)CN1Cc1ccccc1. The third kappa shape index (κ3) is 2.15. The Kier molecular flexibility index (Phi) is 2.87. The van der Waals surface area contributed by atoms with E-state index in [0.717, 1.165) is 13.1 Å². The number of hydrogen-bond donors (Lipinski definition) is 0. The Hall–Kier alpha value is -0.830. The largest absolute Gasteiger partial charge is 0.337 e. The molecule has 3 heteroatoms. The Balaban J connectivity index is 2.02. The molecule has 1 atom stereocenters. The highest BCUT2D eigenvalue weighted by molar-refractivity contribution is 9.09. The van der Waals surface area contributed by atoms with Crippen molar-refractivity contribution >= 4 is 21.8 Å². The minimum atomic E-state index is 0.246. The minimum absolute atomic E-state index is 0.246. The summed E-state index contributed by atoms with van der Waals surface area (Å²) in [5.41, 5.74) is 1.20. The number of carbonyl (C=O) groups excluding carboxylic acids is 1. The van der Waals surface area contributed by atoms with E-state index in [0.29, 0.717) is 11.2 Å². The topological polar surface area (TPSA) is 20.3 Å². The Morgan fingerprint density at radius 1 is 1.36 bits per heavy atom. The molecular formula is C11H12BrNO. The molecule has 0 radical (unpaired) electrons. The molecule has 1 amide bonds. The van der Waals surface area contributed by atoms with Gasteiger partial charge in [-0.3, -0.25) is 4.79 Å². The maximum Gasteiger partial charge on any atom is 0.224 e. The van der Waals surface area contributed by atoms with Crippen molar-refractivity contribution in [2.75, 3.05) is 6.54 Å². The first-order valence-corrected chi connectivity index (χ1v) is 5.63. The van der Waals surface area contributed by atoms with E-state index in [-0.39, 0.29) is 5.91 Å². The number of likely N-dealkylation sites (tertiary alicyclic amines) is 1. The highest BCUT2D eigenvalue weighted by Crippen LogP contribution is 2.19. The molecule has 14 heavy (non-hydrogen) atoms. The summed E-state index contributed by atoms with van der Waals surface area (Å²) in [5.74, 6) is 0.246. The normalized spacial score (nSPS) is 21.6. The Bertz CT molecular complexity index is 325. The lowest BCUT2D eigenvalue weighted by molar-refractivity contribution is -0.128. The van der Waals surface area contributed by atoms with E-state index in [1.807, 2.05) is 23.1 Å². The maximum atomic E-state index is 11.5. The molecule has 0 bridgehead atoms. The second-order valence-electron chi connectivity index (χ2n) is 3.56. The van der Waals surface area contributed by atoms with Crippen LogP contribution >= 0.6 is 15.9 Å². The Labute approximate surface area is 92.0 Å². The summed E-state index contributed by atoms with van der Waals surface area (Å²) in [6, 6.07) is 10.1. The molecule has 1 aromatic carbocycles. The first kappa shape index (κ1) is 9.71. The van der Waals surface area contributed by atoms with Crippen LogP contribution in [0.2, 0.25) is 0 Å². The van der Waals surface area contributed by atoms with Gasteiger partial charge in [0.15, 0.2) is 0 Å². The smallest absolute Gasteiger partial charge is 0.224 e. The van der Waals surface area contributed by atoms with Gasteiger partial charge in [0.1, 0.15) is 0 Å². The molecule has 1 unspecified atom stereocenters. The fourth-order valence-corrected chi connectivity index (χ4v) is 2.31. The van der Waals surface area contributed by atoms with Gasteiger partial charge in [0.25, 0.3) is 0 Å². The van der Waals surface area contributed by atoms with Crippen LogP contribution in [0, 0.1) is 0 Å². The maximum absolute atomic E-state index is 11.5. The van der Waals surface area contributed by atoms with Crippen LogP contribution < -0.4 is 0 Å². The lowest BCUT2D eigenvalue weighted by Crippen LogP contribution is -2.24. The first-order valence-electron chi connectivity index (χ1n) is 4.71. The van der Waals surface area contributed by atoms with Gasteiger partial charge in [-0.1, -0.05) is 46.3 Å². The van der Waals surface area contributed by atoms with Crippen LogP contribution in [0.15, 0.2) is 30.3 Å². The van der Waals surface area contributed by atoms with Gasteiger partial charge in [0, 0.05) is 24.3 Å². The van der Waals surface area contributed by atoms with Gasteiger partial charge in [-0.15, -0.1) is 0 Å². The van der Waals surface area contributed by atoms with Crippen molar-refractivity contribution in [1.29, 1.82) is 0 Å². The summed E-state index contributed by atoms with van der Waals surface area (Å²) >= 11 is 3.47. The lowest BCUT2D eigenvalue weighted by atomic mass is 10.2. The molecule has 0 N–H and O–H groups in total. The fourth-order valence-electron chi connectivity index (χ4n) is 1.68. The molecule has 1 saturated heterocycles. The van der Waals surface area contributed by atoms with Gasteiger partial charge in [0.05, 0.1) is 0 Å². The van der Waals surface area contributed by atoms with Crippen LogP contribution in [-0.4, -0.2) is 22.2 Å². The molecule has 2 rings (SSSR count). The van der Waals surface area contributed by atoms with E-state index in [2.05, 4.69) is 28.1 Å². The highest BCUT2D eigenvalue weighted by atomic mass is 79.9. The molecule has 74 valence electrons. The van der Waals surface area contributed by atoms with Crippen molar-refractivity contribution in [3.63, 3.8) is 0 Å². The summed E-state index contributed by atoms with van der Waals surface area (Å²) in [5, 5.41) is 0. The predicted molar refractivity (Wildman–Crippen MR) is 59.2 cm³/mol. The van der Waals surface area contributed by atoms with E-state index >= 15 is 0 Å². The van der Waals surface area contributed by atoms with Crippen molar-refractivity contribution in [1.82, 2.24) is 4.90 Å². The number of amides is 1. The van der Waals surface area contributed by atoms with Gasteiger partial charge < -0.3 is 4.90 Å². The van der Waals surface area contributed by atoms with E-state index in [4.69, 9.17) is 0 Å². The van der Waals surface area contributed by atoms with Crippen molar-refractivity contribution in [2.24, 2.45) is 0 Å². The molecule has 1 aliphatic rings. The molecule has 1 heterocycles. The first-order chi connectivity index (χ1) is 6.75. The molecular weight excluding hydrogens is 242 g/mol. The number of carbonyl (C=O) groups is 1. The second kappa shape index (κ2) is 4.13. The summed E-state index contributed by atoms with van der Waals surface area (Å²) < 4.78 is 0. The zero-order valence-electron chi connectivity index (χ0n) is 7.82. The summed E-state index contributed by atoms with van der Waals surface area (Å²) in [6.07, 6.45) is 0.632. The zero-order chi connectivity index (χ0) is 9.97. The number of nitrogens with zero attached hydrogens (tertiary/aromatic N) is 1. The number of benzene rings is 1. The van der Waals surface area contributed by atoms with Gasteiger partial charge in [0.2, 0.25) is 5.91 Å². The predicted octanol–water partition coefficient (Wildman–Crippen LogP) is 2.18. The third-order valence-corrected chi connectivity index (χ3v) is 3.00. The number of halogens is 1. The monoisotopic (exact) mass is 253 g/mol. The van der Waals surface area contributed by atoms with Gasteiger partial charge in [-0.25, -0.2) is 0 Å². The van der Waals surface area contributed by atoms with Crippen LogP contribution in [0.25, 0.3) is 0 Å². The van der Waals surface area contributed by atoms with Crippen molar-refractivity contribution < 1.29 is 4.79 Å². The van der Waals surface area contributed by atoms with Crippen LogP contribution in [0.3, 0.4) is 0 Å². The summed E-state index contributed by atoms with van der Waals surface area (Å²) in [6.45, 7) is 1.56. The number of alkyl halides is 1. The molecule has 0 aromatic heterocycles. The lowest BCUT2D eigenvalue weighted by Gasteiger charge is -2.15. The summed E-state index contributed by atoms with van der Waals surface area (Å²) in [4.78, 5) is 13.7. The van der Waals surface area contributed by atoms with Crippen molar-refractivity contribution in [2.45, 2.75) is 17.8 Å². The number of rotatable bonds is 2. The molecule has 0 spiro atoms. The molecule has 1 aliphatic heterocycles. The van der Waals surface area contributed by atoms with Crippen molar-refractivity contribution in [3.05, 3.63) is 35.9 Å². The van der Waals surface area contributed by atoms with Crippen LogP contribution in [0.4, 0.5) is 0 Å². The van der Waals surface area contributed by atoms with E-state index in [9.17, 15) is 4.79 Å². The van der Waals surface area contributed by atoms with Gasteiger partial charge in [-0.2, -0.15) is 0 Å². The highest BCUT2D eigenvalue weighted by Gasteiger charge is 2.27. The van der Waals surface area contributed by atoms with E-state index in [1.165, 1.54) is 5.56 Å². The van der Waals surface area contributed by atoms with Crippen molar-refractivity contribution in [3.8, 4) is 0 Å². The summed E-state index contributed by atoms with van der Waals surface area (Å²) in [7, 11) is 0. The van der Waals surface area contributed by atoms with Crippen LogP contribution in [0.5, 0.6) is 0 Å². The standard InChI is InChI=1S/C11H12BrNO/c12-10-6-11(14)13(8-10)7-9-4-2-1-3-5-9/h1-5,10H,6-8H2. The molecule has 0 saturated carbocycles. The van der Waals surface area contributed by atoms with Gasteiger partial charge in [-0.05, 0) is 5.56 Å². The molecule has 0 aliphatic carbocycles. The average Bonchev–Trinajstić information content (AvgIpc) is 2.47. The third-order valence-electron chi connectivity index (χ3n) is 2.38. The second-order valence-corrected chi connectivity index (χ2v) is 4.86. The minimum Gasteiger partial charge on any atom is -0.337 e. The van der Waals surface area contributed by atoms with E-state index < -0.39 is 0 Å². The number of hydrogen-bond acceptors (Lipinski definition) is 1. The fraction of sp³-hybridized carbons (Fsp3) is 0.364. The Morgan fingerprint density at radius 2 is 2.07 bits per heavy atom. The molecule has 1 fully saturated rings. The zero-order valence-corrected chi connectivity index (χ0v) is 9.40.